The van der Waals surface area contributed by atoms with Crippen LogP contribution in [0, 0.1) is 5.82 Å². The van der Waals surface area contributed by atoms with E-state index in [2.05, 4.69) is 28.6 Å². The van der Waals surface area contributed by atoms with Crippen LogP contribution in [0.1, 0.15) is 19.4 Å². The summed E-state index contributed by atoms with van der Waals surface area (Å²) in [6.45, 7) is 7.43. The maximum Gasteiger partial charge on any atom is 0.164 e. The average Bonchev–Trinajstić information content (AvgIpc) is 2.32. The highest BCUT2D eigenvalue weighted by atomic mass is 19.1. The molecule has 0 bridgehead atoms. The first-order chi connectivity index (χ1) is 7.67. The van der Waals surface area contributed by atoms with Crippen LogP contribution >= 0.6 is 0 Å². The van der Waals surface area contributed by atoms with Crippen molar-refractivity contribution >= 4 is 11.5 Å². The Labute approximate surface area is 94.9 Å². The first-order valence-electron chi connectivity index (χ1n) is 5.57. The molecule has 16 heavy (non-hydrogen) atoms. The van der Waals surface area contributed by atoms with Crippen LogP contribution < -0.4 is 10.6 Å². The van der Waals surface area contributed by atoms with Crippen molar-refractivity contribution in [1.82, 2.24) is 9.88 Å². The van der Waals surface area contributed by atoms with Gasteiger partial charge in [-0.2, -0.15) is 0 Å². The maximum atomic E-state index is 13.3. The normalized spacial score (nSPS) is 16.3. The van der Waals surface area contributed by atoms with Crippen molar-refractivity contribution in [2.45, 2.75) is 20.4 Å². The fraction of sp³-hybridized carbons (Fsp3) is 0.545. The Hall–Kier alpha value is -1.36. The molecule has 0 atom stereocenters. The summed E-state index contributed by atoms with van der Waals surface area (Å²) >= 11 is 0. The number of nitrogen functional groups attached to an aromatic ring is 1. The van der Waals surface area contributed by atoms with Crippen LogP contribution in [0.15, 0.2) is 6.20 Å². The molecule has 2 N–H and O–H groups in total. The summed E-state index contributed by atoms with van der Waals surface area (Å²) in [4.78, 5) is 8.47. The van der Waals surface area contributed by atoms with Crippen molar-refractivity contribution in [2.75, 3.05) is 30.4 Å². The van der Waals surface area contributed by atoms with Gasteiger partial charge in [0.1, 0.15) is 5.82 Å². The van der Waals surface area contributed by atoms with E-state index in [0.717, 1.165) is 31.1 Å². The molecule has 1 aromatic heterocycles. The predicted molar refractivity (Wildman–Crippen MR) is 62.6 cm³/mol. The maximum absolute atomic E-state index is 13.3. The zero-order valence-corrected chi connectivity index (χ0v) is 9.70. The zero-order valence-electron chi connectivity index (χ0n) is 9.70. The lowest BCUT2D eigenvalue weighted by Gasteiger charge is -2.36. The van der Waals surface area contributed by atoms with Gasteiger partial charge >= 0.3 is 0 Å². The van der Waals surface area contributed by atoms with Gasteiger partial charge in [0.05, 0.1) is 18.6 Å². The summed E-state index contributed by atoms with van der Waals surface area (Å²) < 4.78 is 13.3. The third-order valence-electron chi connectivity index (χ3n) is 3.03. The Kier molecular flexibility index (Phi) is 2.96. The minimum Gasteiger partial charge on any atom is -0.396 e. The quantitative estimate of drug-likeness (QED) is 0.825. The topological polar surface area (TPSA) is 45.4 Å². The van der Waals surface area contributed by atoms with Crippen molar-refractivity contribution in [2.24, 2.45) is 0 Å². The van der Waals surface area contributed by atoms with Gasteiger partial charge in [-0.3, -0.25) is 4.90 Å². The van der Waals surface area contributed by atoms with E-state index in [0.29, 0.717) is 6.54 Å². The summed E-state index contributed by atoms with van der Waals surface area (Å²) in [5, 5.41) is 0. The second-order valence-corrected chi connectivity index (χ2v) is 3.96. The molecular formula is C11H17FN4. The van der Waals surface area contributed by atoms with Crippen LogP contribution in [0.3, 0.4) is 0 Å². The number of nitrogens with zero attached hydrogens (tertiary/aromatic N) is 3. The van der Waals surface area contributed by atoms with Gasteiger partial charge in [-0.25, -0.2) is 9.37 Å². The lowest BCUT2D eigenvalue weighted by atomic mass is 10.1. The molecule has 0 radical (unpaired) electrons. The van der Waals surface area contributed by atoms with Crippen LogP contribution in [0.2, 0.25) is 0 Å². The number of halogens is 1. The minimum absolute atomic E-state index is 0.238. The molecule has 1 aliphatic heterocycles. The number of rotatable bonds is 2. The van der Waals surface area contributed by atoms with E-state index in [1.54, 1.807) is 0 Å². The SMILES string of the molecule is CCN1Cc2c(ncc(F)c2N)N(CC)C1. The van der Waals surface area contributed by atoms with Gasteiger partial charge in [-0.15, -0.1) is 0 Å². The average molecular weight is 224 g/mol. The molecule has 88 valence electrons. The molecule has 0 aliphatic carbocycles. The Balaban J connectivity index is 2.45. The number of fused-ring (bicyclic) bond motifs is 1. The van der Waals surface area contributed by atoms with Gasteiger partial charge in [0.2, 0.25) is 0 Å². The van der Waals surface area contributed by atoms with E-state index < -0.39 is 5.82 Å². The Morgan fingerprint density at radius 2 is 2.19 bits per heavy atom. The monoisotopic (exact) mass is 224 g/mol. The summed E-state index contributed by atoms with van der Waals surface area (Å²) in [5.41, 5.74) is 6.82. The minimum atomic E-state index is -0.423. The first kappa shape index (κ1) is 11.1. The fourth-order valence-corrected chi connectivity index (χ4v) is 2.00. The van der Waals surface area contributed by atoms with Crippen molar-refractivity contribution in [3.05, 3.63) is 17.6 Å². The highest BCUT2D eigenvalue weighted by molar-refractivity contribution is 5.62. The summed E-state index contributed by atoms with van der Waals surface area (Å²) in [6.07, 6.45) is 1.21. The van der Waals surface area contributed by atoms with E-state index in [1.165, 1.54) is 6.20 Å². The Morgan fingerprint density at radius 3 is 2.81 bits per heavy atom. The first-order valence-corrected chi connectivity index (χ1v) is 5.57. The van der Waals surface area contributed by atoms with Crippen LogP contribution in [0.4, 0.5) is 15.9 Å². The molecule has 4 nitrogen and oxygen atoms in total. The van der Waals surface area contributed by atoms with Gasteiger partial charge in [0, 0.05) is 18.7 Å². The molecular weight excluding hydrogens is 207 g/mol. The summed E-state index contributed by atoms with van der Waals surface area (Å²) in [6, 6.07) is 0. The van der Waals surface area contributed by atoms with Gasteiger partial charge in [0.25, 0.3) is 0 Å². The molecule has 0 amide bonds. The lowest BCUT2D eigenvalue weighted by Crippen LogP contribution is -2.43. The van der Waals surface area contributed by atoms with Gasteiger partial charge in [-0.05, 0) is 13.5 Å². The molecule has 0 spiro atoms. The van der Waals surface area contributed by atoms with E-state index in [1.807, 2.05) is 0 Å². The third kappa shape index (κ3) is 1.71. The van der Waals surface area contributed by atoms with Crippen LogP contribution in [0.5, 0.6) is 0 Å². The van der Waals surface area contributed by atoms with E-state index in [-0.39, 0.29) is 5.69 Å². The third-order valence-corrected chi connectivity index (χ3v) is 3.03. The number of aromatic nitrogens is 1. The molecule has 0 fully saturated rings. The zero-order chi connectivity index (χ0) is 11.7. The number of hydrogen-bond acceptors (Lipinski definition) is 4. The van der Waals surface area contributed by atoms with Crippen molar-refractivity contribution in [3.63, 3.8) is 0 Å². The van der Waals surface area contributed by atoms with Crippen LogP contribution in [-0.4, -0.2) is 29.6 Å². The van der Waals surface area contributed by atoms with E-state index in [9.17, 15) is 4.39 Å². The van der Waals surface area contributed by atoms with Crippen molar-refractivity contribution < 1.29 is 4.39 Å². The second kappa shape index (κ2) is 4.25. The molecule has 2 heterocycles. The lowest BCUT2D eigenvalue weighted by molar-refractivity contribution is 0.265. The van der Waals surface area contributed by atoms with Gasteiger partial charge in [-0.1, -0.05) is 6.92 Å². The molecule has 0 saturated carbocycles. The number of hydrogen-bond donors (Lipinski definition) is 1. The molecule has 1 aromatic rings. The van der Waals surface area contributed by atoms with Crippen molar-refractivity contribution in [1.29, 1.82) is 0 Å². The number of pyridine rings is 1. The molecule has 2 rings (SSSR count). The fourth-order valence-electron chi connectivity index (χ4n) is 2.00. The second-order valence-electron chi connectivity index (χ2n) is 3.96. The summed E-state index contributed by atoms with van der Waals surface area (Å²) in [5.74, 6) is 0.402. The molecule has 0 aromatic carbocycles. The molecule has 0 saturated heterocycles. The van der Waals surface area contributed by atoms with Gasteiger partial charge in [0.15, 0.2) is 5.82 Å². The van der Waals surface area contributed by atoms with Crippen LogP contribution in [-0.2, 0) is 6.54 Å². The van der Waals surface area contributed by atoms with E-state index >= 15 is 0 Å². The number of anilines is 2. The molecule has 1 aliphatic rings. The predicted octanol–water partition coefficient (Wildman–Crippen LogP) is 1.42. The Morgan fingerprint density at radius 1 is 1.44 bits per heavy atom. The van der Waals surface area contributed by atoms with E-state index in [4.69, 9.17) is 5.73 Å². The number of nitrogens with two attached hydrogens (primary N) is 1. The highest BCUT2D eigenvalue weighted by Crippen LogP contribution is 2.30. The van der Waals surface area contributed by atoms with Crippen LogP contribution in [0.25, 0.3) is 0 Å². The van der Waals surface area contributed by atoms with Crippen molar-refractivity contribution in [3.8, 4) is 0 Å². The summed E-state index contributed by atoms with van der Waals surface area (Å²) in [7, 11) is 0. The standard InChI is InChI=1S/C11H17FN4/c1-3-15-6-8-10(13)9(12)5-14-11(8)16(4-2)7-15/h5H,3-4,6-7H2,1-2H3,(H2,13,14). The van der Waals surface area contributed by atoms with Gasteiger partial charge < -0.3 is 10.6 Å². The largest absolute Gasteiger partial charge is 0.396 e. The Bertz CT molecular complexity index is 394. The molecule has 5 heteroatoms. The smallest absolute Gasteiger partial charge is 0.164 e. The molecule has 0 unspecified atom stereocenters. The highest BCUT2D eigenvalue weighted by Gasteiger charge is 2.24.